The number of carbonyl (C=O) groups excluding carboxylic acids is 2. The molecule has 1 unspecified atom stereocenters. The maximum absolute atomic E-state index is 13.6. The fourth-order valence-corrected chi connectivity index (χ4v) is 4.47. The molecule has 2 saturated heterocycles. The predicted molar refractivity (Wildman–Crippen MR) is 79.2 cm³/mol. The van der Waals surface area contributed by atoms with Crippen molar-refractivity contribution >= 4 is 22.0 Å². The van der Waals surface area contributed by atoms with Crippen LogP contribution in [-0.4, -0.2) is 55.2 Å². The minimum atomic E-state index is -3.71. The Bertz CT molecular complexity index is 736. The van der Waals surface area contributed by atoms with E-state index in [0.29, 0.717) is 6.42 Å². The van der Waals surface area contributed by atoms with Crippen LogP contribution < -0.4 is 5.32 Å². The van der Waals surface area contributed by atoms with Crippen molar-refractivity contribution in [1.29, 1.82) is 0 Å². The molecule has 3 amide bonds. The molecule has 1 aromatic carbocycles. The van der Waals surface area contributed by atoms with Gasteiger partial charge in [0.2, 0.25) is 15.9 Å². The fourth-order valence-electron chi connectivity index (χ4n) is 2.88. The van der Waals surface area contributed by atoms with Gasteiger partial charge in [-0.05, 0) is 12.5 Å². The Balaban J connectivity index is 1.72. The van der Waals surface area contributed by atoms with Crippen LogP contribution in [0.3, 0.4) is 0 Å². The number of carbonyl (C=O) groups is 2. The van der Waals surface area contributed by atoms with Crippen molar-refractivity contribution in [2.75, 3.05) is 19.6 Å². The highest BCUT2D eigenvalue weighted by Gasteiger charge is 2.41. The number of amides is 3. The number of rotatable bonds is 4. The van der Waals surface area contributed by atoms with Crippen molar-refractivity contribution < 1.29 is 22.4 Å². The minimum absolute atomic E-state index is 0.0515. The number of halogens is 1. The van der Waals surface area contributed by atoms with Crippen LogP contribution in [0.1, 0.15) is 12.0 Å². The number of urea groups is 1. The van der Waals surface area contributed by atoms with Gasteiger partial charge in [-0.3, -0.25) is 9.69 Å². The van der Waals surface area contributed by atoms with E-state index in [-0.39, 0.29) is 31.1 Å². The zero-order valence-corrected chi connectivity index (χ0v) is 13.1. The Labute approximate surface area is 133 Å². The summed E-state index contributed by atoms with van der Waals surface area (Å²) < 4.78 is 39.7. The zero-order chi connectivity index (χ0) is 16.6. The van der Waals surface area contributed by atoms with Gasteiger partial charge in [-0.1, -0.05) is 18.2 Å². The predicted octanol–water partition coefficient (Wildman–Crippen LogP) is 0.282. The quantitative estimate of drug-likeness (QED) is 0.797. The molecule has 1 aromatic rings. The van der Waals surface area contributed by atoms with Gasteiger partial charge in [-0.15, -0.1) is 0 Å². The zero-order valence-electron chi connectivity index (χ0n) is 12.2. The van der Waals surface area contributed by atoms with Gasteiger partial charge < -0.3 is 5.32 Å². The lowest BCUT2D eigenvalue weighted by molar-refractivity contribution is -0.126. The molecule has 2 fully saturated rings. The summed E-state index contributed by atoms with van der Waals surface area (Å²) in [4.78, 5) is 24.4. The molecule has 1 atom stereocenters. The maximum atomic E-state index is 13.6. The average molecular weight is 341 g/mol. The summed E-state index contributed by atoms with van der Waals surface area (Å²) in [7, 11) is -3.71. The molecule has 0 radical (unpaired) electrons. The van der Waals surface area contributed by atoms with Crippen LogP contribution >= 0.6 is 0 Å². The molecule has 9 heteroatoms. The molecule has 124 valence electrons. The average Bonchev–Trinajstić information content (AvgIpc) is 3.09. The van der Waals surface area contributed by atoms with Crippen molar-refractivity contribution in [3.63, 3.8) is 0 Å². The molecule has 0 bridgehead atoms. The third-order valence-corrected chi connectivity index (χ3v) is 5.85. The van der Waals surface area contributed by atoms with Gasteiger partial charge in [0, 0.05) is 18.7 Å². The van der Waals surface area contributed by atoms with E-state index >= 15 is 0 Å². The highest BCUT2D eigenvalue weighted by molar-refractivity contribution is 7.88. The van der Waals surface area contributed by atoms with Gasteiger partial charge in [0.15, 0.2) is 0 Å². The van der Waals surface area contributed by atoms with E-state index in [1.807, 2.05) is 0 Å². The van der Waals surface area contributed by atoms with Crippen LogP contribution in [0.2, 0.25) is 0 Å². The second kappa shape index (κ2) is 5.89. The molecule has 3 rings (SSSR count). The fraction of sp³-hybridized carbons (Fsp3) is 0.429. The van der Waals surface area contributed by atoms with E-state index in [9.17, 15) is 22.4 Å². The molecule has 1 N–H and O–H groups in total. The summed E-state index contributed by atoms with van der Waals surface area (Å²) in [5, 5.41) is 2.42. The molecule has 0 aromatic heterocycles. The molecular formula is C14H16FN3O4S. The number of benzene rings is 1. The smallest absolute Gasteiger partial charge is 0.324 e. The second-order valence-electron chi connectivity index (χ2n) is 5.57. The molecule has 0 spiro atoms. The van der Waals surface area contributed by atoms with Crippen molar-refractivity contribution in [2.24, 2.45) is 0 Å². The Morgan fingerprint density at radius 2 is 2.00 bits per heavy atom. The lowest BCUT2D eigenvalue weighted by Crippen LogP contribution is -2.43. The Hall–Kier alpha value is -2.00. The second-order valence-corrected chi connectivity index (χ2v) is 7.54. The largest absolute Gasteiger partial charge is 0.329 e. The maximum Gasteiger partial charge on any atom is 0.324 e. The van der Waals surface area contributed by atoms with Crippen molar-refractivity contribution in [3.8, 4) is 0 Å². The summed E-state index contributed by atoms with van der Waals surface area (Å²) in [5.74, 6) is -1.36. The van der Waals surface area contributed by atoms with E-state index < -0.39 is 33.7 Å². The molecular weight excluding hydrogens is 325 g/mol. The van der Waals surface area contributed by atoms with Crippen molar-refractivity contribution in [2.45, 2.75) is 18.2 Å². The number of nitrogens with zero attached hydrogens (tertiary/aromatic N) is 2. The Morgan fingerprint density at radius 1 is 1.26 bits per heavy atom. The minimum Gasteiger partial charge on any atom is -0.329 e. The summed E-state index contributed by atoms with van der Waals surface area (Å²) in [5.41, 5.74) is 0.103. The number of sulfonamides is 1. The summed E-state index contributed by atoms with van der Waals surface area (Å²) in [6, 6.07) is 4.75. The number of hydrogen-bond acceptors (Lipinski definition) is 4. The summed E-state index contributed by atoms with van der Waals surface area (Å²) >= 11 is 0. The van der Waals surface area contributed by atoms with Crippen LogP contribution in [0.5, 0.6) is 0 Å². The molecule has 2 aliphatic rings. The lowest BCUT2D eigenvalue weighted by Gasteiger charge is -2.21. The van der Waals surface area contributed by atoms with Crippen molar-refractivity contribution in [1.82, 2.24) is 14.5 Å². The van der Waals surface area contributed by atoms with Crippen molar-refractivity contribution in [3.05, 3.63) is 35.6 Å². The SMILES string of the molecule is O=C1CNC(=O)N1C1CCN(S(=O)(=O)Cc2ccccc2F)C1. The topological polar surface area (TPSA) is 86.8 Å². The van der Waals surface area contributed by atoms with Crippen LogP contribution in [-0.2, 0) is 20.6 Å². The van der Waals surface area contributed by atoms with E-state index in [1.54, 1.807) is 6.07 Å². The van der Waals surface area contributed by atoms with Gasteiger partial charge in [0.1, 0.15) is 5.82 Å². The molecule has 2 heterocycles. The summed E-state index contributed by atoms with van der Waals surface area (Å²) in [6.07, 6.45) is 0.385. The van der Waals surface area contributed by atoms with Gasteiger partial charge >= 0.3 is 6.03 Å². The van der Waals surface area contributed by atoms with Gasteiger partial charge in [0.25, 0.3) is 0 Å². The van der Waals surface area contributed by atoms with E-state index in [4.69, 9.17) is 0 Å². The monoisotopic (exact) mass is 341 g/mol. The molecule has 0 aliphatic carbocycles. The van der Waals surface area contributed by atoms with E-state index in [1.165, 1.54) is 22.5 Å². The lowest BCUT2D eigenvalue weighted by atomic mass is 10.2. The van der Waals surface area contributed by atoms with E-state index in [2.05, 4.69) is 5.32 Å². The van der Waals surface area contributed by atoms with Crippen LogP contribution in [0, 0.1) is 5.82 Å². The number of hydrogen-bond donors (Lipinski definition) is 1. The first-order chi connectivity index (χ1) is 10.9. The van der Waals surface area contributed by atoms with Gasteiger partial charge in [-0.25, -0.2) is 17.6 Å². The first-order valence-corrected chi connectivity index (χ1v) is 8.80. The third kappa shape index (κ3) is 3.06. The highest BCUT2D eigenvalue weighted by atomic mass is 32.2. The first kappa shape index (κ1) is 15.9. The van der Waals surface area contributed by atoms with Crippen LogP contribution in [0.4, 0.5) is 9.18 Å². The van der Waals surface area contributed by atoms with Gasteiger partial charge in [-0.2, -0.15) is 4.31 Å². The Morgan fingerprint density at radius 3 is 2.65 bits per heavy atom. The molecule has 0 saturated carbocycles. The number of imide groups is 1. The normalized spacial score (nSPS) is 22.7. The standard InChI is InChI=1S/C14H16FN3O4S/c15-12-4-2-1-3-10(12)9-23(21,22)17-6-5-11(8-17)18-13(19)7-16-14(18)20/h1-4,11H,5-9H2,(H,16,20). The summed E-state index contributed by atoms with van der Waals surface area (Å²) in [6.45, 7) is 0.200. The van der Waals surface area contributed by atoms with Crippen LogP contribution in [0.25, 0.3) is 0 Å². The third-order valence-electron chi connectivity index (χ3n) is 4.06. The van der Waals surface area contributed by atoms with Crippen LogP contribution in [0.15, 0.2) is 24.3 Å². The molecule has 7 nitrogen and oxygen atoms in total. The number of nitrogens with one attached hydrogen (secondary N) is 1. The Kier molecular flexibility index (Phi) is 4.07. The molecule has 23 heavy (non-hydrogen) atoms. The van der Waals surface area contributed by atoms with Gasteiger partial charge in [0.05, 0.1) is 18.3 Å². The highest BCUT2D eigenvalue weighted by Crippen LogP contribution is 2.23. The first-order valence-electron chi connectivity index (χ1n) is 7.19. The molecule has 2 aliphatic heterocycles. The van der Waals surface area contributed by atoms with E-state index in [0.717, 1.165) is 4.90 Å².